The van der Waals surface area contributed by atoms with Crippen molar-refractivity contribution in [3.05, 3.63) is 11.9 Å². The van der Waals surface area contributed by atoms with Crippen LogP contribution in [0.25, 0.3) is 0 Å². The van der Waals surface area contributed by atoms with Crippen LogP contribution >= 0.6 is 0 Å². The van der Waals surface area contributed by atoms with E-state index in [-0.39, 0.29) is 17.3 Å². The second-order valence-corrected chi connectivity index (χ2v) is 5.39. The molecular formula is C13H19N3O4. The topological polar surface area (TPSA) is 88.6 Å². The molecule has 0 aromatic carbocycles. The van der Waals surface area contributed by atoms with Crippen molar-refractivity contribution in [3.63, 3.8) is 0 Å². The van der Waals surface area contributed by atoms with Crippen LogP contribution in [0.1, 0.15) is 35.8 Å². The molecule has 0 aliphatic carbocycles. The van der Waals surface area contributed by atoms with Crippen molar-refractivity contribution in [1.82, 2.24) is 9.78 Å². The van der Waals surface area contributed by atoms with Crippen LogP contribution in [0.5, 0.6) is 0 Å². The number of esters is 1. The fraction of sp³-hybridized carbons (Fsp3) is 0.692. The van der Waals surface area contributed by atoms with Crippen LogP contribution in [0, 0.1) is 0 Å². The molecule has 0 bridgehead atoms. The summed E-state index contributed by atoms with van der Waals surface area (Å²) in [4.78, 5) is 11.6. The maximum absolute atomic E-state index is 11.6. The number of aromatic nitrogens is 2. The molecule has 2 N–H and O–H groups in total. The molecule has 2 unspecified atom stereocenters. The van der Waals surface area contributed by atoms with E-state index in [0.717, 1.165) is 25.9 Å². The van der Waals surface area contributed by atoms with Gasteiger partial charge in [0.05, 0.1) is 31.0 Å². The van der Waals surface area contributed by atoms with Crippen molar-refractivity contribution >= 4 is 11.7 Å². The Bertz CT molecular complexity index is 508. The maximum Gasteiger partial charge on any atom is 0.360 e. The molecule has 3 heterocycles. The third-order valence-corrected chi connectivity index (χ3v) is 4.05. The lowest BCUT2D eigenvalue weighted by molar-refractivity contribution is -0.0962. The van der Waals surface area contributed by atoms with E-state index in [0.29, 0.717) is 18.9 Å². The smallest absolute Gasteiger partial charge is 0.360 e. The first-order chi connectivity index (χ1) is 9.63. The maximum atomic E-state index is 11.6. The van der Waals surface area contributed by atoms with Crippen molar-refractivity contribution in [2.75, 3.05) is 32.7 Å². The molecule has 7 heteroatoms. The first-order valence-electron chi connectivity index (χ1n) is 6.78. The number of rotatable bonds is 2. The number of nitrogen functional groups attached to an aromatic ring is 1. The van der Waals surface area contributed by atoms with Gasteiger partial charge in [0.15, 0.2) is 5.69 Å². The van der Waals surface area contributed by atoms with Gasteiger partial charge < -0.3 is 19.9 Å². The fourth-order valence-electron chi connectivity index (χ4n) is 2.94. The van der Waals surface area contributed by atoms with Crippen LogP contribution in [-0.4, -0.2) is 48.3 Å². The zero-order valence-electron chi connectivity index (χ0n) is 11.5. The summed E-state index contributed by atoms with van der Waals surface area (Å²) >= 11 is 0. The Morgan fingerprint density at radius 1 is 1.60 bits per heavy atom. The highest BCUT2D eigenvalue weighted by Crippen LogP contribution is 2.38. The second-order valence-electron chi connectivity index (χ2n) is 5.39. The lowest BCUT2D eigenvalue weighted by atomic mass is 9.90. The molecule has 1 aromatic rings. The van der Waals surface area contributed by atoms with Crippen molar-refractivity contribution in [3.8, 4) is 0 Å². The van der Waals surface area contributed by atoms with Gasteiger partial charge in [-0.15, -0.1) is 0 Å². The number of nitrogens with two attached hydrogens (primary N) is 1. The molecule has 20 heavy (non-hydrogen) atoms. The highest BCUT2D eigenvalue weighted by atomic mass is 16.6. The summed E-state index contributed by atoms with van der Waals surface area (Å²) in [6, 6.07) is 0.172. The van der Waals surface area contributed by atoms with Crippen molar-refractivity contribution in [1.29, 1.82) is 0 Å². The Labute approximate surface area is 117 Å². The average molecular weight is 281 g/mol. The molecule has 2 aliphatic heterocycles. The molecule has 2 fully saturated rings. The molecule has 0 saturated carbocycles. The van der Waals surface area contributed by atoms with Gasteiger partial charge in [-0.25, -0.2) is 4.79 Å². The van der Waals surface area contributed by atoms with E-state index in [2.05, 4.69) is 9.84 Å². The Balaban J connectivity index is 1.80. The average Bonchev–Trinajstić information content (AvgIpc) is 3.05. The standard InChI is InChI=1S/C13H19N3O4/c1-18-12(17)11-10(14)7-16(15-11)9-2-4-20-13(6-9)3-5-19-8-13/h7,9H,2-6,8,14H2,1H3. The molecule has 7 nitrogen and oxygen atoms in total. The number of carbonyl (C=O) groups excluding carboxylic acids is 1. The number of nitrogens with zero attached hydrogens (tertiary/aromatic N) is 2. The van der Waals surface area contributed by atoms with E-state index in [1.807, 2.05) is 0 Å². The van der Waals surface area contributed by atoms with Crippen molar-refractivity contribution in [2.45, 2.75) is 30.9 Å². The van der Waals surface area contributed by atoms with Crippen LogP contribution in [0.15, 0.2) is 6.20 Å². The summed E-state index contributed by atoms with van der Waals surface area (Å²) in [7, 11) is 1.32. The van der Waals surface area contributed by atoms with Gasteiger partial charge in [0.25, 0.3) is 0 Å². The van der Waals surface area contributed by atoms with Crippen LogP contribution in [-0.2, 0) is 14.2 Å². The molecule has 0 amide bonds. The summed E-state index contributed by atoms with van der Waals surface area (Å²) in [5.41, 5.74) is 6.15. The minimum absolute atomic E-state index is 0.172. The summed E-state index contributed by atoms with van der Waals surface area (Å²) in [6.07, 6.45) is 4.29. The highest BCUT2D eigenvalue weighted by Gasteiger charge is 2.42. The molecule has 2 aliphatic rings. The number of carbonyl (C=O) groups is 1. The minimum Gasteiger partial charge on any atom is -0.464 e. The predicted octanol–water partition coefficient (Wildman–Crippen LogP) is 0.762. The Morgan fingerprint density at radius 3 is 3.15 bits per heavy atom. The van der Waals surface area contributed by atoms with Gasteiger partial charge in [-0.3, -0.25) is 4.68 Å². The van der Waals surface area contributed by atoms with Gasteiger partial charge in [0.1, 0.15) is 0 Å². The normalized spacial score (nSPS) is 29.8. The van der Waals surface area contributed by atoms with Crippen molar-refractivity contribution in [2.24, 2.45) is 0 Å². The molecule has 110 valence electrons. The fourth-order valence-corrected chi connectivity index (χ4v) is 2.94. The van der Waals surface area contributed by atoms with Gasteiger partial charge in [0, 0.05) is 32.3 Å². The minimum atomic E-state index is -0.507. The summed E-state index contributed by atoms with van der Waals surface area (Å²) in [5, 5.41) is 4.28. The second kappa shape index (κ2) is 5.06. The van der Waals surface area contributed by atoms with Crippen LogP contribution in [0.4, 0.5) is 5.69 Å². The van der Waals surface area contributed by atoms with E-state index in [4.69, 9.17) is 15.2 Å². The zero-order chi connectivity index (χ0) is 14.2. The lowest BCUT2D eigenvalue weighted by Crippen LogP contribution is -2.41. The lowest BCUT2D eigenvalue weighted by Gasteiger charge is -2.37. The van der Waals surface area contributed by atoms with Crippen LogP contribution < -0.4 is 5.73 Å². The van der Waals surface area contributed by atoms with Gasteiger partial charge in [-0.05, 0) is 6.42 Å². The van der Waals surface area contributed by atoms with E-state index in [1.54, 1.807) is 10.9 Å². The van der Waals surface area contributed by atoms with E-state index in [1.165, 1.54) is 7.11 Å². The van der Waals surface area contributed by atoms with Crippen molar-refractivity contribution < 1.29 is 19.0 Å². The molecule has 1 aromatic heterocycles. The monoisotopic (exact) mass is 281 g/mol. The molecular weight excluding hydrogens is 262 g/mol. The summed E-state index contributed by atoms with van der Waals surface area (Å²) in [5.74, 6) is -0.507. The largest absolute Gasteiger partial charge is 0.464 e. The SMILES string of the molecule is COC(=O)c1nn(C2CCOC3(CCOC3)C2)cc1N. The van der Waals surface area contributed by atoms with Crippen LogP contribution in [0.3, 0.4) is 0 Å². The molecule has 3 rings (SSSR count). The Hall–Kier alpha value is -1.60. The third-order valence-electron chi connectivity index (χ3n) is 4.05. The highest BCUT2D eigenvalue weighted by molar-refractivity contribution is 5.92. The quantitative estimate of drug-likeness (QED) is 0.805. The third kappa shape index (κ3) is 2.27. The van der Waals surface area contributed by atoms with E-state index >= 15 is 0 Å². The van der Waals surface area contributed by atoms with Gasteiger partial charge in [0.2, 0.25) is 0 Å². The first-order valence-corrected chi connectivity index (χ1v) is 6.78. The summed E-state index contributed by atoms with van der Waals surface area (Å²) in [6.45, 7) is 2.03. The van der Waals surface area contributed by atoms with Gasteiger partial charge in [-0.1, -0.05) is 0 Å². The Morgan fingerprint density at radius 2 is 2.45 bits per heavy atom. The van der Waals surface area contributed by atoms with E-state index in [9.17, 15) is 4.79 Å². The number of hydrogen-bond acceptors (Lipinski definition) is 6. The number of hydrogen-bond donors (Lipinski definition) is 1. The number of ether oxygens (including phenoxy) is 3. The zero-order valence-corrected chi connectivity index (χ0v) is 11.5. The Kier molecular flexibility index (Phi) is 3.39. The van der Waals surface area contributed by atoms with Gasteiger partial charge >= 0.3 is 5.97 Å². The van der Waals surface area contributed by atoms with E-state index < -0.39 is 5.97 Å². The van der Waals surface area contributed by atoms with Gasteiger partial charge in [-0.2, -0.15) is 5.10 Å². The summed E-state index contributed by atoms with van der Waals surface area (Å²) < 4.78 is 17.8. The molecule has 0 radical (unpaired) electrons. The van der Waals surface area contributed by atoms with Crippen LogP contribution in [0.2, 0.25) is 0 Å². The molecule has 1 spiro atoms. The first kappa shape index (κ1) is 13.4. The number of methoxy groups -OCH3 is 1. The predicted molar refractivity (Wildman–Crippen MR) is 70.4 cm³/mol. The molecule has 2 atom stereocenters. The number of anilines is 1. The molecule has 2 saturated heterocycles.